The van der Waals surface area contributed by atoms with E-state index in [0.29, 0.717) is 0 Å². The maximum absolute atomic E-state index is 14.8. The molecule has 208 valence electrons. The molecule has 0 spiro atoms. The molecule has 1 unspecified atom stereocenters. The molecular formula is C30H34F3NO4Si. The summed E-state index contributed by atoms with van der Waals surface area (Å²) in [5.41, 5.74) is -0.237. The number of halogens is 3. The quantitative estimate of drug-likeness (QED) is 0.341. The van der Waals surface area contributed by atoms with E-state index in [2.05, 4.69) is 0 Å². The SMILES string of the molecule is CC1CN([C@@H](c2cc(F)c(F)c(F)c2)[C@@H](C(C)(C)C)C(O[SiH3])(c2ccccc2)c2ccccc2)C(=O)[C@@H](O)O1. The Morgan fingerprint density at radius 3 is 1.90 bits per heavy atom. The summed E-state index contributed by atoms with van der Waals surface area (Å²) in [7, 11) is 0.265. The standard InChI is InChI=1S/C30H34F3NO4Si/c1-18-17-34(27(35)28(36)37-18)25(19-15-22(31)24(33)23(32)16-19)26(29(2,3)4)30(38-39,20-11-7-5-8-12-20)21-13-9-6-10-14-21/h5-16,18,25-26,28,36H,17H2,1-4,39H3/t18?,25-,26-,28-/m0/s1. The van der Waals surface area contributed by atoms with Crippen LogP contribution >= 0.6 is 0 Å². The summed E-state index contributed by atoms with van der Waals surface area (Å²) in [6.07, 6.45) is -2.33. The number of hydrogen-bond acceptors (Lipinski definition) is 4. The molecule has 9 heteroatoms. The maximum atomic E-state index is 14.8. The second-order valence-corrected chi connectivity index (χ2v) is 11.5. The van der Waals surface area contributed by atoms with Crippen molar-refractivity contribution < 1.29 is 32.2 Å². The van der Waals surface area contributed by atoms with Crippen LogP contribution in [0.4, 0.5) is 13.2 Å². The van der Waals surface area contributed by atoms with E-state index in [9.17, 15) is 23.1 Å². The minimum absolute atomic E-state index is 0.0363. The Hall–Kier alpha value is -2.98. The molecule has 3 aromatic rings. The highest BCUT2D eigenvalue weighted by molar-refractivity contribution is 5.98. The van der Waals surface area contributed by atoms with Crippen LogP contribution in [0.1, 0.15) is 50.4 Å². The summed E-state index contributed by atoms with van der Waals surface area (Å²) in [5, 5.41) is 10.5. The van der Waals surface area contributed by atoms with Crippen LogP contribution in [-0.2, 0) is 19.6 Å². The average molecular weight is 558 g/mol. The largest absolute Gasteiger partial charge is 0.414 e. The van der Waals surface area contributed by atoms with Crippen LogP contribution in [0.3, 0.4) is 0 Å². The molecule has 1 heterocycles. The Labute approximate surface area is 230 Å². The number of rotatable bonds is 7. The molecule has 0 radical (unpaired) electrons. The lowest BCUT2D eigenvalue weighted by molar-refractivity contribution is -0.207. The summed E-state index contributed by atoms with van der Waals surface area (Å²) in [5.74, 6) is -5.76. The van der Waals surface area contributed by atoms with E-state index in [-0.39, 0.29) is 22.6 Å². The van der Waals surface area contributed by atoms with Crippen LogP contribution < -0.4 is 0 Å². The molecule has 1 aliphatic rings. The molecule has 0 saturated carbocycles. The van der Waals surface area contributed by atoms with Gasteiger partial charge >= 0.3 is 0 Å². The molecule has 39 heavy (non-hydrogen) atoms. The number of amides is 1. The normalized spacial score (nSPS) is 20.2. The lowest BCUT2D eigenvalue weighted by atomic mass is 9.60. The van der Waals surface area contributed by atoms with Crippen LogP contribution in [0.2, 0.25) is 0 Å². The summed E-state index contributed by atoms with van der Waals surface area (Å²) in [6.45, 7) is 7.63. The molecule has 1 amide bonds. The molecule has 0 aromatic heterocycles. The topological polar surface area (TPSA) is 59.0 Å². The second kappa shape index (κ2) is 11.2. The highest BCUT2D eigenvalue weighted by Crippen LogP contribution is 2.55. The molecule has 3 aromatic carbocycles. The Bertz CT molecular complexity index is 1240. The number of hydrogen-bond donors (Lipinski definition) is 1. The van der Waals surface area contributed by atoms with Gasteiger partial charge in [0.25, 0.3) is 5.91 Å². The number of nitrogens with zero attached hydrogens (tertiary/aromatic N) is 1. The molecule has 0 bridgehead atoms. The van der Waals surface area contributed by atoms with Gasteiger partial charge in [-0.1, -0.05) is 81.4 Å². The monoisotopic (exact) mass is 557 g/mol. The minimum atomic E-state index is -1.76. The van der Waals surface area contributed by atoms with Crippen molar-refractivity contribution >= 4 is 16.4 Å². The van der Waals surface area contributed by atoms with Crippen molar-refractivity contribution in [2.75, 3.05) is 6.54 Å². The molecular weight excluding hydrogens is 523 g/mol. The number of carbonyl (C=O) groups excluding carboxylic acids is 1. The fourth-order valence-electron chi connectivity index (χ4n) is 5.94. The number of ether oxygens (including phenoxy) is 1. The third-order valence-electron chi connectivity index (χ3n) is 7.41. The molecule has 1 saturated heterocycles. The second-order valence-electron chi connectivity index (χ2n) is 11.0. The van der Waals surface area contributed by atoms with Gasteiger partial charge in [0, 0.05) is 12.5 Å². The van der Waals surface area contributed by atoms with E-state index >= 15 is 0 Å². The first-order valence-corrected chi connectivity index (χ1v) is 13.7. The Morgan fingerprint density at radius 1 is 0.974 bits per heavy atom. The average Bonchev–Trinajstić information content (AvgIpc) is 2.90. The zero-order valence-electron chi connectivity index (χ0n) is 22.7. The van der Waals surface area contributed by atoms with Gasteiger partial charge in [0.2, 0.25) is 6.29 Å². The van der Waals surface area contributed by atoms with Gasteiger partial charge in [0.1, 0.15) is 16.1 Å². The third-order valence-corrected chi connectivity index (χ3v) is 8.05. The minimum Gasteiger partial charge on any atom is -0.414 e. The van der Waals surface area contributed by atoms with Crippen molar-refractivity contribution in [1.82, 2.24) is 4.90 Å². The predicted octanol–water partition coefficient (Wildman–Crippen LogP) is 4.61. The van der Waals surface area contributed by atoms with E-state index in [1.54, 1.807) is 6.92 Å². The van der Waals surface area contributed by atoms with E-state index in [1.165, 1.54) is 4.90 Å². The van der Waals surface area contributed by atoms with Gasteiger partial charge < -0.3 is 19.2 Å². The van der Waals surface area contributed by atoms with Crippen LogP contribution in [0.15, 0.2) is 72.8 Å². The first-order chi connectivity index (χ1) is 18.4. The first kappa shape index (κ1) is 29.0. The van der Waals surface area contributed by atoms with Gasteiger partial charge in [-0.25, -0.2) is 13.2 Å². The van der Waals surface area contributed by atoms with Gasteiger partial charge in [-0.15, -0.1) is 0 Å². The van der Waals surface area contributed by atoms with Crippen molar-refractivity contribution in [3.05, 3.63) is 107 Å². The van der Waals surface area contributed by atoms with E-state index in [0.717, 1.165) is 23.3 Å². The molecule has 4 rings (SSSR count). The Kier molecular flexibility index (Phi) is 8.37. The van der Waals surface area contributed by atoms with Crippen LogP contribution in [0.5, 0.6) is 0 Å². The first-order valence-electron chi connectivity index (χ1n) is 12.9. The number of aliphatic hydroxyl groups excluding tert-OH is 1. The van der Waals surface area contributed by atoms with Gasteiger partial charge in [-0.2, -0.15) is 0 Å². The van der Waals surface area contributed by atoms with Gasteiger partial charge in [-0.3, -0.25) is 4.79 Å². The van der Waals surface area contributed by atoms with Crippen LogP contribution in [0, 0.1) is 28.8 Å². The van der Waals surface area contributed by atoms with Gasteiger partial charge in [0.05, 0.1) is 12.1 Å². The summed E-state index contributed by atoms with van der Waals surface area (Å²) < 4.78 is 55.7. The molecule has 1 aliphatic heterocycles. The summed E-state index contributed by atoms with van der Waals surface area (Å²) in [4.78, 5) is 14.9. The lowest BCUT2D eigenvalue weighted by Crippen LogP contribution is -2.58. The molecule has 0 aliphatic carbocycles. The van der Waals surface area contributed by atoms with Crippen molar-refractivity contribution in [3.8, 4) is 0 Å². The molecule has 1 fully saturated rings. The van der Waals surface area contributed by atoms with Crippen molar-refractivity contribution in [2.24, 2.45) is 11.3 Å². The van der Waals surface area contributed by atoms with Crippen molar-refractivity contribution in [1.29, 1.82) is 0 Å². The van der Waals surface area contributed by atoms with Crippen LogP contribution in [-0.4, -0.2) is 45.3 Å². The van der Waals surface area contributed by atoms with Crippen LogP contribution in [0.25, 0.3) is 0 Å². The number of benzene rings is 3. The smallest absolute Gasteiger partial charge is 0.279 e. The zero-order valence-corrected chi connectivity index (χ0v) is 24.7. The summed E-state index contributed by atoms with van der Waals surface area (Å²) in [6, 6.07) is 19.8. The molecule has 5 nitrogen and oxygen atoms in total. The van der Waals surface area contributed by atoms with E-state index in [4.69, 9.17) is 9.16 Å². The van der Waals surface area contributed by atoms with Crippen molar-refractivity contribution in [3.63, 3.8) is 0 Å². The predicted molar refractivity (Wildman–Crippen MR) is 145 cm³/mol. The Balaban J connectivity index is 2.11. The maximum Gasteiger partial charge on any atom is 0.279 e. The van der Waals surface area contributed by atoms with Crippen molar-refractivity contribution in [2.45, 2.75) is 51.7 Å². The highest BCUT2D eigenvalue weighted by atomic mass is 28.2. The summed E-state index contributed by atoms with van der Waals surface area (Å²) >= 11 is 0. The zero-order chi connectivity index (χ0) is 28.5. The number of carbonyl (C=O) groups is 1. The lowest BCUT2D eigenvalue weighted by Gasteiger charge is -2.54. The van der Waals surface area contributed by atoms with Gasteiger partial charge in [-0.05, 0) is 41.2 Å². The van der Waals surface area contributed by atoms with E-state index < -0.39 is 58.7 Å². The Morgan fingerprint density at radius 2 is 1.46 bits per heavy atom. The van der Waals surface area contributed by atoms with E-state index in [1.807, 2.05) is 81.4 Å². The fourth-order valence-corrected chi connectivity index (χ4v) is 6.67. The van der Waals surface area contributed by atoms with Gasteiger partial charge in [0.15, 0.2) is 17.5 Å². The highest BCUT2D eigenvalue weighted by Gasteiger charge is 2.55. The molecule has 4 atom stereocenters. The third kappa shape index (κ3) is 5.41. The molecule has 1 N–H and O–H groups in total. The number of aliphatic hydroxyl groups is 1. The fraction of sp³-hybridized carbons (Fsp3) is 0.367. The number of morpholine rings is 1.